The fraction of sp³-hybridized carbons (Fsp3) is 0.567. The molecule has 3 rings (SSSR count). The molecule has 0 aromatic heterocycles. The van der Waals surface area contributed by atoms with Gasteiger partial charge in [-0.2, -0.15) is 0 Å². The molecule has 1 unspecified atom stereocenters. The number of nitrogens with one attached hydrogen (secondary N) is 1. The zero-order valence-electron chi connectivity index (χ0n) is 21.1. The average Bonchev–Trinajstić information content (AvgIpc) is 3.39. The Morgan fingerprint density at radius 1 is 0.970 bits per heavy atom. The summed E-state index contributed by atoms with van der Waals surface area (Å²) in [5.74, 6) is 1.02. The van der Waals surface area contributed by atoms with Crippen molar-refractivity contribution in [1.82, 2.24) is 0 Å². The van der Waals surface area contributed by atoms with Crippen molar-refractivity contribution < 1.29 is 4.79 Å². The maximum atomic E-state index is 12.7. The highest BCUT2D eigenvalue weighted by atomic mass is 16.1. The van der Waals surface area contributed by atoms with Crippen LogP contribution in [-0.2, 0) is 11.2 Å². The second kappa shape index (κ2) is 13.4. The Kier molecular flexibility index (Phi) is 10.3. The lowest BCUT2D eigenvalue weighted by atomic mass is 9.98. The minimum atomic E-state index is 0.180. The van der Waals surface area contributed by atoms with Crippen LogP contribution >= 0.6 is 0 Å². The number of benzene rings is 2. The number of aryl methyl sites for hydroxylation is 1. The van der Waals surface area contributed by atoms with Crippen LogP contribution in [0.3, 0.4) is 0 Å². The van der Waals surface area contributed by atoms with E-state index in [9.17, 15) is 4.79 Å². The van der Waals surface area contributed by atoms with Gasteiger partial charge in [0.2, 0.25) is 5.91 Å². The Hall–Kier alpha value is -2.29. The highest BCUT2D eigenvalue weighted by molar-refractivity contribution is 5.93. The van der Waals surface area contributed by atoms with E-state index in [2.05, 4.69) is 73.5 Å². The van der Waals surface area contributed by atoms with Crippen molar-refractivity contribution in [2.24, 2.45) is 11.8 Å². The van der Waals surface area contributed by atoms with Gasteiger partial charge in [0.15, 0.2) is 0 Å². The van der Waals surface area contributed by atoms with Gasteiger partial charge < -0.3 is 10.2 Å². The van der Waals surface area contributed by atoms with Gasteiger partial charge in [0.05, 0.1) is 0 Å². The predicted molar refractivity (Wildman–Crippen MR) is 142 cm³/mol. The molecule has 3 heteroatoms. The zero-order chi connectivity index (χ0) is 23.5. The minimum absolute atomic E-state index is 0.180. The van der Waals surface area contributed by atoms with Crippen LogP contribution in [0.15, 0.2) is 48.5 Å². The molecule has 2 aromatic rings. The molecule has 1 N–H and O–H groups in total. The number of carbonyl (C=O) groups is 1. The molecule has 0 aliphatic heterocycles. The van der Waals surface area contributed by atoms with Crippen LogP contribution in [0, 0.1) is 11.8 Å². The van der Waals surface area contributed by atoms with Gasteiger partial charge in [-0.25, -0.2) is 0 Å². The maximum Gasteiger partial charge on any atom is 0.227 e. The summed E-state index contributed by atoms with van der Waals surface area (Å²) in [6, 6.07) is 17.6. The summed E-state index contributed by atoms with van der Waals surface area (Å²) in [7, 11) is 0. The van der Waals surface area contributed by atoms with Crippen LogP contribution in [0.1, 0.15) is 90.5 Å². The van der Waals surface area contributed by atoms with Crippen molar-refractivity contribution in [3.8, 4) is 0 Å². The molecule has 1 fully saturated rings. The molecule has 0 heterocycles. The molecule has 0 spiro atoms. The molecule has 0 saturated heterocycles. The molecule has 33 heavy (non-hydrogen) atoms. The Labute approximate surface area is 202 Å². The van der Waals surface area contributed by atoms with Crippen LogP contribution in [-0.4, -0.2) is 12.5 Å². The first kappa shape index (κ1) is 25.3. The lowest BCUT2D eigenvalue weighted by Gasteiger charge is -2.30. The smallest absolute Gasteiger partial charge is 0.227 e. The van der Waals surface area contributed by atoms with Crippen LogP contribution in [0.4, 0.5) is 17.1 Å². The summed E-state index contributed by atoms with van der Waals surface area (Å²) in [5.41, 5.74) is 4.73. The third-order valence-corrected chi connectivity index (χ3v) is 7.20. The molecule has 1 aliphatic rings. The summed E-state index contributed by atoms with van der Waals surface area (Å²) in [6.45, 7) is 7.83. The third-order valence-electron chi connectivity index (χ3n) is 7.20. The van der Waals surface area contributed by atoms with E-state index in [1.165, 1.54) is 62.6 Å². The first-order valence-corrected chi connectivity index (χ1v) is 13.4. The molecule has 3 nitrogen and oxygen atoms in total. The summed E-state index contributed by atoms with van der Waals surface area (Å²) in [4.78, 5) is 15.2. The maximum absolute atomic E-state index is 12.7. The first-order chi connectivity index (χ1) is 16.1. The van der Waals surface area contributed by atoms with Crippen molar-refractivity contribution in [1.29, 1.82) is 0 Å². The number of rotatable bonds is 13. The second-order valence-electron chi connectivity index (χ2n) is 9.82. The van der Waals surface area contributed by atoms with Gasteiger partial charge >= 0.3 is 0 Å². The lowest BCUT2D eigenvalue weighted by molar-refractivity contribution is -0.119. The van der Waals surface area contributed by atoms with E-state index in [-0.39, 0.29) is 11.8 Å². The second-order valence-corrected chi connectivity index (χ2v) is 9.82. The molecule has 2 aromatic carbocycles. The number of hydrogen-bond donors (Lipinski definition) is 1. The zero-order valence-corrected chi connectivity index (χ0v) is 21.1. The van der Waals surface area contributed by atoms with Crippen molar-refractivity contribution in [3.05, 3.63) is 54.1 Å². The Morgan fingerprint density at radius 3 is 2.36 bits per heavy atom. The number of nitrogens with zero attached hydrogens (tertiary/aromatic N) is 1. The lowest BCUT2D eigenvalue weighted by Crippen LogP contribution is -2.25. The Balaban J connectivity index is 1.82. The van der Waals surface area contributed by atoms with Gasteiger partial charge in [-0.3, -0.25) is 4.79 Å². The molecule has 1 amide bonds. The quantitative estimate of drug-likeness (QED) is 0.333. The van der Waals surface area contributed by atoms with Crippen molar-refractivity contribution in [3.63, 3.8) is 0 Å². The summed E-state index contributed by atoms with van der Waals surface area (Å²) in [5, 5.41) is 3.20. The fourth-order valence-electron chi connectivity index (χ4n) is 4.94. The normalized spacial score (nSPS) is 14.9. The Bertz CT molecular complexity index is 839. The van der Waals surface area contributed by atoms with E-state index in [4.69, 9.17) is 0 Å². The molecule has 1 atom stereocenters. The van der Waals surface area contributed by atoms with Crippen LogP contribution < -0.4 is 10.2 Å². The average molecular weight is 449 g/mol. The molecule has 0 radical (unpaired) electrons. The predicted octanol–water partition coefficient (Wildman–Crippen LogP) is 8.51. The fourth-order valence-corrected chi connectivity index (χ4v) is 4.94. The summed E-state index contributed by atoms with van der Waals surface area (Å²) in [6.07, 6.45) is 13.0. The van der Waals surface area contributed by atoms with Gasteiger partial charge in [-0.05, 0) is 73.9 Å². The number of hydrogen-bond acceptors (Lipinski definition) is 2. The first-order valence-electron chi connectivity index (χ1n) is 13.4. The standard InChI is InChI=1S/C30H44N2O/c1-4-7-12-24(6-3)23-32(28-20-18-25(19-21-28)13-8-5-2)29-17-11-16-27(22-29)31-30(33)26-14-9-10-15-26/h11,16-22,24,26H,4-10,12-15,23H2,1-3H3,(H,31,33). The molecular formula is C30H44N2O. The highest BCUT2D eigenvalue weighted by Gasteiger charge is 2.23. The third kappa shape index (κ3) is 7.62. The number of unbranched alkanes of at least 4 members (excludes halogenated alkanes) is 2. The van der Waals surface area contributed by atoms with Gasteiger partial charge in [-0.1, -0.05) is 77.5 Å². The molecule has 0 bridgehead atoms. The Morgan fingerprint density at radius 2 is 1.70 bits per heavy atom. The van der Waals surface area contributed by atoms with E-state index in [0.717, 1.165) is 37.2 Å². The van der Waals surface area contributed by atoms with Crippen molar-refractivity contribution in [2.45, 2.75) is 91.4 Å². The van der Waals surface area contributed by atoms with Gasteiger partial charge in [0, 0.05) is 29.5 Å². The minimum Gasteiger partial charge on any atom is -0.341 e. The topological polar surface area (TPSA) is 32.3 Å². The summed E-state index contributed by atoms with van der Waals surface area (Å²) >= 11 is 0. The van der Waals surface area contributed by atoms with Crippen molar-refractivity contribution in [2.75, 3.05) is 16.8 Å². The monoisotopic (exact) mass is 448 g/mol. The number of amides is 1. The largest absolute Gasteiger partial charge is 0.341 e. The molecule has 1 aliphatic carbocycles. The summed E-state index contributed by atoms with van der Waals surface area (Å²) < 4.78 is 0. The number of anilines is 3. The SMILES string of the molecule is CCCCc1ccc(N(CC(CC)CCCC)c2cccc(NC(=O)C3CCCC3)c2)cc1. The van der Waals surface area contributed by atoms with Gasteiger partial charge in [-0.15, -0.1) is 0 Å². The highest BCUT2D eigenvalue weighted by Crippen LogP contribution is 2.32. The van der Waals surface area contributed by atoms with Gasteiger partial charge in [0.1, 0.15) is 0 Å². The molecule has 180 valence electrons. The van der Waals surface area contributed by atoms with E-state index in [1.54, 1.807) is 0 Å². The van der Waals surface area contributed by atoms with E-state index in [0.29, 0.717) is 5.92 Å². The molecule has 1 saturated carbocycles. The van der Waals surface area contributed by atoms with Crippen molar-refractivity contribution >= 4 is 23.0 Å². The van der Waals surface area contributed by atoms with E-state index >= 15 is 0 Å². The van der Waals surface area contributed by atoms with Crippen LogP contribution in [0.5, 0.6) is 0 Å². The van der Waals surface area contributed by atoms with Gasteiger partial charge in [0.25, 0.3) is 0 Å². The number of carbonyl (C=O) groups excluding carboxylic acids is 1. The molecular weight excluding hydrogens is 404 g/mol. The van der Waals surface area contributed by atoms with Crippen LogP contribution in [0.2, 0.25) is 0 Å². The van der Waals surface area contributed by atoms with E-state index in [1.807, 2.05) is 6.07 Å². The van der Waals surface area contributed by atoms with E-state index < -0.39 is 0 Å². The van der Waals surface area contributed by atoms with Crippen LogP contribution in [0.25, 0.3) is 0 Å².